The molecule has 0 bridgehead atoms. The molecule has 1 aliphatic heterocycles. The Kier molecular flexibility index (Phi) is 8.81. The van der Waals surface area contributed by atoms with Crippen molar-refractivity contribution >= 4 is 45.6 Å². The fraction of sp³-hybridized carbons (Fsp3) is 0.294. The summed E-state index contributed by atoms with van der Waals surface area (Å²) in [5, 5.41) is 6.30. The van der Waals surface area contributed by atoms with Crippen LogP contribution in [0.15, 0.2) is 64.1 Å². The number of benzene rings is 2. The Morgan fingerprint density at radius 3 is 2.70 bits per heavy atom. The van der Waals surface area contributed by atoms with Crippen LogP contribution in [0.4, 0.5) is 10.2 Å². The van der Waals surface area contributed by atoms with Crippen LogP contribution in [0.3, 0.4) is 0 Å². The minimum absolute atomic E-state index is 0.0153. The van der Waals surface area contributed by atoms with Gasteiger partial charge in [-0.3, -0.25) is 9.59 Å². The summed E-state index contributed by atoms with van der Waals surface area (Å²) in [6.45, 7) is 3.82. The first-order chi connectivity index (χ1) is 22.7. The summed E-state index contributed by atoms with van der Waals surface area (Å²) >= 11 is 0. The van der Waals surface area contributed by atoms with Gasteiger partial charge >= 0.3 is 5.63 Å². The Morgan fingerprint density at radius 2 is 1.98 bits per heavy atom. The van der Waals surface area contributed by atoms with E-state index in [1.807, 2.05) is 44.1 Å². The number of amides is 1. The summed E-state index contributed by atoms with van der Waals surface area (Å²) in [5.41, 5.74) is 8.35. The molecule has 3 aromatic heterocycles. The molecule has 1 aliphatic rings. The van der Waals surface area contributed by atoms with Crippen LogP contribution in [0.5, 0.6) is 5.75 Å². The number of nitrogens with two attached hydrogens (primary N) is 1. The number of hydrogen-bond acceptors (Lipinski definition) is 10. The van der Waals surface area contributed by atoms with Crippen molar-refractivity contribution < 1.29 is 23.1 Å². The van der Waals surface area contributed by atoms with Crippen LogP contribution in [-0.2, 0) is 9.59 Å². The summed E-state index contributed by atoms with van der Waals surface area (Å²) in [4.78, 5) is 49.7. The zero-order valence-electron chi connectivity index (χ0n) is 26.3. The van der Waals surface area contributed by atoms with Crippen LogP contribution in [0.25, 0.3) is 38.6 Å². The van der Waals surface area contributed by atoms with E-state index in [1.165, 1.54) is 18.5 Å². The SMILES string of the molecule is CC(c1oc(=O)c2ccccc2c1C1=CCN(C(=O)CCCN(C)C)CC1)n1nc(-c2cc(F)cc(OC=O)c2)c2c(N)ncnc21. The first kappa shape index (κ1) is 31.5. The molecule has 0 saturated carbocycles. The average Bonchev–Trinajstić information content (AvgIpc) is 3.45. The Labute approximate surface area is 269 Å². The fourth-order valence-corrected chi connectivity index (χ4v) is 6.07. The molecule has 1 unspecified atom stereocenters. The van der Waals surface area contributed by atoms with Crippen molar-refractivity contribution in [1.82, 2.24) is 29.5 Å². The second-order valence-electron chi connectivity index (χ2n) is 11.7. The van der Waals surface area contributed by atoms with Gasteiger partial charge in [0.1, 0.15) is 41.2 Å². The Balaban J connectivity index is 1.46. The number of anilines is 1. The molecule has 2 aromatic carbocycles. The van der Waals surface area contributed by atoms with Crippen molar-refractivity contribution in [3.05, 3.63) is 82.4 Å². The summed E-state index contributed by atoms with van der Waals surface area (Å²) in [6, 6.07) is 10.3. The molecular formula is C34H34FN7O5. The number of nitrogens with zero attached hydrogens (tertiary/aromatic N) is 6. The van der Waals surface area contributed by atoms with Crippen LogP contribution < -0.4 is 16.1 Å². The molecule has 0 radical (unpaired) electrons. The van der Waals surface area contributed by atoms with E-state index in [0.717, 1.165) is 30.2 Å². The van der Waals surface area contributed by atoms with Gasteiger partial charge in [0.25, 0.3) is 6.47 Å². The van der Waals surface area contributed by atoms with Gasteiger partial charge in [-0.05, 0) is 69.6 Å². The predicted octanol–water partition coefficient (Wildman–Crippen LogP) is 4.42. The van der Waals surface area contributed by atoms with Crippen molar-refractivity contribution in [1.29, 1.82) is 0 Å². The molecule has 0 spiro atoms. The Morgan fingerprint density at radius 1 is 1.19 bits per heavy atom. The quantitative estimate of drug-likeness (QED) is 0.218. The molecule has 1 atom stereocenters. The van der Waals surface area contributed by atoms with Crippen molar-refractivity contribution in [3.8, 4) is 17.0 Å². The minimum atomic E-state index is -0.696. The normalized spacial score (nSPS) is 14.1. The van der Waals surface area contributed by atoms with Gasteiger partial charge in [0.2, 0.25) is 5.91 Å². The number of fused-ring (bicyclic) bond motifs is 2. The van der Waals surface area contributed by atoms with Gasteiger partial charge in [0.05, 0.1) is 10.8 Å². The van der Waals surface area contributed by atoms with Crippen molar-refractivity contribution in [2.75, 3.05) is 39.5 Å². The monoisotopic (exact) mass is 639 g/mol. The third-order valence-corrected chi connectivity index (χ3v) is 8.34. The summed E-state index contributed by atoms with van der Waals surface area (Å²) < 4.78 is 27.2. The third-order valence-electron chi connectivity index (χ3n) is 8.34. The lowest BCUT2D eigenvalue weighted by atomic mass is 9.92. The molecule has 12 nitrogen and oxygen atoms in total. The first-order valence-electron chi connectivity index (χ1n) is 15.2. The Bertz CT molecular complexity index is 2090. The van der Waals surface area contributed by atoms with Crippen LogP contribution in [0.1, 0.15) is 43.6 Å². The Hall–Kier alpha value is -5.43. The van der Waals surface area contributed by atoms with Crippen LogP contribution >= 0.6 is 0 Å². The molecule has 0 saturated heterocycles. The topological polar surface area (TPSA) is 150 Å². The van der Waals surface area contributed by atoms with E-state index in [0.29, 0.717) is 53.5 Å². The number of rotatable bonds is 10. The van der Waals surface area contributed by atoms with Crippen molar-refractivity contribution in [3.63, 3.8) is 0 Å². The highest BCUT2D eigenvalue weighted by atomic mass is 19.1. The highest BCUT2D eigenvalue weighted by Crippen LogP contribution is 2.38. The van der Waals surface area contributed by atoms with E-state index >= 15 is 0 Å². The lowest BCUT2D eigenvalue weighted by molar-refractivity contribution is -0.131. The van der Waals surface area contributed by atoms with Gasteiger partial charge in [0, 0.05) is 36.7 Å². The van der Waals surface area contributed by atoms with E-state index < -0.39 is 17.5 Å². The molecule has 0 fully saturated rings. The maximum absolute atomic E-state index is 14.6. The average molecular weight is 640 g/mol. The first-order valence-corrected chi connectivity index (χ1v) is 15.2. The predicted molar refractivity (Wildman–Crippen MR) is 175 cm³/mol. The number of ether oxygens (including phenoxy) is 1. The lowest BCUT2D eigenvalue weighted by Crippen LogP contribution is -2.35. The molecular weight excluding hydrogens is 605 g/mol. The van der Waals surface area contributed by atoms with E-state index in [-0.39, 0.29) is 35.2 Å². The standard InChI is InChI=1S/C34H34FN7O5/c1-20(42-33-29(32(36)37-18-38-33)30(39-42)22-15-23(35)17-24(16-22)46-19-43)31-28(25-7-4-5-8-26(25)34(45)47-31)21-10-13-41(14-11-21)27(44)9-6-12-40(2)3/h4-5,7-8,10,15-20H,6,9,11-14H2,1-3H3,(H2,36,37,38). The summed E-state index contributed by atoms with van der Waals surface area (Å²) in [5.74, 6) is -0.104. The van der Waals surface area contributed by atoms with Gasteiger partial charge in [-0.1, -0.05) is 24.3 Å². The van der Waals surface area contributed by atoms with Gasteiger partial charge in [0.15, 0.2) is 5.65 Å². The van der Waals surface area contributed by atoms with Gasteiger partial charge in [-0.2, -0.15) is 5.10 Å². The molecule has 2 N–H and O–H groups in total. The van der Waals surface area contributed by atoms with Crippen LogP contribution in [0, 0.1) is 5.82 Å². The lowest BCUT2D eigenvalue weighted by Gasteiger charge is -2.28. The highest BCUT2D eigenvalue weighted by Gasteiger charge is 2.29. The molecule has 5 aromatic rings. The second kappa shape index (κ2) is 13.1. The van der Waals surface area contributed by atoms with E-state index in [1.54, 1.807) is 16.8 Å². The zero-order chi connectivity index (χ0) is 33.2. The summed E-state index contributed by atoms with van der Waals surface area (Å²) in [7, 11) is 3.97. The maximum Gasteiger partial charge on any atom is 0.343 e. The number of nitrogen functional groups attached to an aromatic ring is 1. The van der Waals surface area contributed by atoms with E-state index in [2.05, 4.69) is 14.9 Å². The number of halogens is 1. The largest absolute Gasteiger partial charge is 0.429 e. The molecule has 242 valence electrons. The summed E-state index contributed by atoms with van der Waals surface area (Å²) in [6.07, 6.45) is 5.12. The molecule has 47 heavy (non-hydrogen) atoms. The number of carbonyl (C=O) groups is 2. The maximum atomic E-state index is 14.6. The molecule has 6 rings (SSSR count). The number of aromatic nitrogens is 4. The zero-order valence-corrected chi connectivity index (χ0v) is 26.3. The molecule has 1 amide bonds. The van der Waals surface area contributed by atoms with Gasteiger partial charge in [-0.15, -0.1) is 0 Å². The molecule has 0 aliphatic carbocycles. The number of carbonyl (C=O) groups excluding carboxylic acids is 2. The van der Waals surface area contributed by atoms with E-state index in [4.69, 9.17) is 20.0 Å². The van der Waals surface area contributed by atoms with Crippen molar-refractivity contribution in [2.45, 2.75) is 32.2 Å². The molecule has 13 heteroatoms. The highest BCUT2D eigenvalue weighted by molar-refractivity contribution is 5.99. The fourth-order valence-electron chi connectivity index (χ4n) is 6.07. The number of hydrogen-bond donors (Lipinski definition) is 1. The van der Waals surface area contributed by atoms with Gasteiger partial charge in [-0.25, -0.2) is 23.8 Å². The van der Waals surface area contributed by atoms with E-state index in [9.17, 15) is 18.8 Å². The van der Waals surface area contributed by atoms with Crippen LogP contribution in [0.2, 0.25) is 0 Å². The van der Waals surface area contributed by atoms with Gasteiger partial charge < -0.3 is 24.7 Å². The smallest absolute Gasteiger partial charge is 0.343 e. The third kappa shape index (κ3) is 6.21. The minimum Gasteiger partial charge on any atom is -0.429 e. The van der Waals surface area contributed by atoms with Crippen molar-refractivity contribution in [2.24, 2.45) is 0 Å². The second-order valence-corrected chi connectivity index (χ2v) is 11.7. The van der Waals surface area contributed by atoms with Crippen LogP contribution in [-0.4, -0.2) is 75.7 Å². The molecule has 4 heterocycles.